The summed E-state index contributed by atoms with van der Waals surface area (Å²) in [6, 6.07) is 17.6. The van der Waals surface area contributed by atoms with Gasteiger partial charge in [-0.15, -0.1) is 10.2 Å². The fourth-order valence-electron chi connectivity index (χ4n) is 1.99. The topological polar surface area (TPSA) is 66.9 Å². The molecule has 1 aromatic heterocycles. The number of para-hydroxylation sites is 1. The van der Waals surface area contributed by atoms with Gasteiger partial charge in [-0.2, -0.15) is 0 Å². The van der Waals surface area contributed by atoms with Crippen LogP contribution in [0.4, 0.5) is 10.8 Å². The van der Waals surface area contributed by atoms with Gasteiger partial charge in [0.05, 0.1) is 11.4 Å². The van der Waals surface area contributed by atoms with Gasteiger partial charge in [0, 0.05) is 11.0 Å². The molecule has 1 heterocycles. The van der Waals surface area contributed by atoms with Crippen LogP contribution in [-0.4, -0.2) is 21.9 Å². The molecule has 2 aromatic carbocycles. The molecule has 3 rings (SSSR count). The summed E-state index contributed by atoms with van der Waals surface area (Å²) in [6.45, 7) is 0.697. The highest BCUT2D eigenvalue weighted by molar-refractivity contribution is 9.10. The van der Waals surface area contributed by atoms with Gasteiger partial charge in [-0.1, -0.05) is 65.6 Å². The number of anilines is 2. The molecule has 1 amide bonds. The van der Waals surface area contributed by atoms with Crippen LogP contribution in [0, 0.1) is 0 Å². The quantitative estimate of drug-likeness (QED) is 0.529. The van der Waals surface area contributed by atoms with Crippen LogP contribution in [0.2, 0.25) is 0 Å². The van der Waals surface area contributed by atoms with E-state index in [-0.39, 0.29) is 11.7 Å². The summed E-state index contributed by atoms with van der Waals surface area (Å²) < 4.78 is 1.62. The van der Waals surface area contributed by atoms with Gasteiger partial charge in [0.25, 0.3) is 0 Å². The Bertz CT molecular complexity index is 841. The lowest BCUT2D eigenvalue weighted by molar-refractivity contribution is -0.113. The molecule has 0 saturated heterocycles. The molecule has 2 N–H and O–H groups in total. The van der Waals surface area contributed by atoms with Gasteiger partial charge < -0.3 is 10.6 Å². The Morgan fingerprint density at radius 2 is 1.84 bits per heavy atom. The molecule has 0 atom stereocenters. The molecule has 0 radical (unpaired) electrons. The summed E-state index contributed by atoms with van der Waals surface area (Å²) in [6.07, 6.45) is 0. The smallest absolute Gasteiger partial charge is 0.234 e. The number of halogens is 1. The number of nitrogens with one attached hydrogen (secondary N) is 2. The number of carbonyl (C=O) groups excluding carboxylic acids is 1. The molecule has 3 aromatic rings. The maximum absolute atomic E-state index is 12.0. The fourth-order valence-corrected chi connectivity index (χ4v) is 3.92. The third-order valence-corrected chi connectivity index (χ3v) is 5.87. The lowest BCUT2D eigenvalue weighted by Crippen LogP contribution is -2.14. The standard InChI is InChI=1S/C17H15BrN4OS2/c18-13-8-4-5-9-14(13)20-15(23)11-24-17-22-21-16(25-17)19-10-12-6-2-1-3-7-12/h1-9H,10-11H2,(H,19,21)(H,20,23). The minimum atomic E-state index is -0.0779. The van der Waals surface area contributed by atoms with Crippen LogP contribution in [0.15, 0.2) is 63.4 Å². The van der Waals surface area contributed by atoms with Crippen LogP contribution < -0.4 is 10.6 Å². The highest BCUT2D eigenvalue weighted by Crippen LogP contribution is 2.26. The second-order valence-corrected chi connectivity index (χ2v) is 8.08. The summed E-state index contributed by atoms with van der Waals surface area (Å²) in [5, 5.41) is 15.1. The minimum Gasteiger partial charge on any atom is -0.356 e. The van der Waals surface area contributed by atoms with Crippen LogP contribution in [-0.2, 0) is 11.3 Å². The van der Waals surface area contributed by atoms with E-state index in [1.807, 2.05) is 42.5 Å². The molecule has 5 nitrogen and oxygen atoms in total. The van der Waals surface area contributed by atoms with Crippen molar-refractivity contribution in [2.75, 3.05) is 16.4 Å². The maximum Gasteiger partial charge on any atom is 0.234 e. The molecule has 0 spiro atoms. The molecule has 25 heavy (non-hydrogen) atoms. The Morgan fingerprint density at radius 3 is 2.64 bits per heavy atom. The first-order valence-corrected chi connectivity index (χ1v) is 10.1. The number of rotatable bonds is 7. The van der Waals surface area contributed by atoms with Crippen LogP contribution in [0.5, 0.6) is 0 Å². The summed E-state index contributed by atoms with van der Waals surface area (Å²) >= 11 is 6.23. The van der Waals surface area contributed by atoms with E-state index in [1.165, 1.54) is 28.7 Å². The molecule has 0 bridgehead atoms. The molecule has 0 fully saturated rings. The third-order valence-electron chi connectivity index (χ3n) is 3.17. The molecule has 0 aliphatic heterocycles. The number of aromatic nitrogens is 2. The lowest BCUT2D eigenvalue weighted by Gasteiger charge is -2.05. The van der Waals surface area contributed by atoms with E-state index in [1.54, 1.807) is 0 Å². The van der Waals surface area contributed by atoms with Crippen molar-refractivity contribution in [3.05, 3.63) is 64.6 Å². The molecule has 0 aliphatic carbocycles. The van der Waals surface area contributed by atoms with Gasteiger partial charge in [-0.3, -0.25) is 4.79 Å². The molecule has 128 valence electrons. The van der Waals surface area contributed by atoms with Gasteiger partial charge >= 0.3 is 0 Å². The Hall–Kier alpha value is -1.90. The maximum atomic E-state index is 12.0. The number of thioether (sulfide) groups is 1. The molecule has 0 unspecified atom stereocenters. The van der Waals surface area contributed by atoms with E-state index >= 15 is 0 Å². The highest BCUT2D eigenvalue weighted by atomic mass is 79.9. The lowest BCUT2D eigenvalue weighted by atomic mass is 10.2. The molecular formula is C17H15BrN4OS2. The largest absolute Gasteiger partial charge is 0.356 e. The molecule has 8 heteroatoms. The molecule has 0 saturated carbocycles. The predicted molar refractivity (Wildman–Crippen MR) is 107 cm³/mol. The van der Waals surface area contributed by atoms with E-state index in [2.05, 4.69) is 48.9 Å². The fraction of sp³-hybridized carbons (Fsp3) is 0.118. The van der Waals surface area contributed by atoms with Crippen molar-refractivity contribution in [2.24, 2.45) is 0 Å². The third kappa shape index (κ3) is 5.55. The van der Waals surface area contributed by atoms with Crippen molar-refractivity contribution in [1.29, 1.82) is 0 Å². The number of hydrogen-bond acceptors (Lipinski definition) is 6. The Labute approximate surface area is 162 Å². The summed E-state index contributed by atoms with van der Waals surface area (Å²) in [4.78, 5) is 12.0. The number of amides is 1. The minimum absolute atomic E-state index is 0.0779. The normalized spacial score (nSPS) is 10.4. The second kappa shape index (κ2) is 8.98. The summed E-state index contributed by atoms with van der Waals surface area (Å²) in [7, 11) is 0. The van der Waals surface area contributed by atoms with Gasteiger partial charge in [-0.05, 0) is 33.6 Å². The number of nitrogens with zero attached hydrogens (tertiary/aromatic N) is 2. The Kier molecular flexibility index (Phi) is 6.43. The van der Waals surface area contributed by atoms with E-state index in [9.17, 15) is 4.79 Å². The zero-order chi connectivity index (χ0) is 17.5. The van der Waals surface area contributed by atoms with Crippen molar-refractivity contribution < 1.29 is 4.79 Å². The van der Waals surface area contributed by atoms with E-state index in [0.29, 0.717) is 6.54 Å². The number of carbonyl (C=O) groups is 1. The highest BCUT2D eigenvalue weighted by Gasteiger charge is 2.09. The van der Waals surface area contributed by atoms with E-state index < -0.39 is 0 Å². The van der Waals surface area contributed by atoms with E-state index in [0.717, 1.165) is 19.6 Å². The van der Waals surface area contributed by atoms with Crippen molar-refractivity contribution in [3.63, 3.8) is 0 Å². The van der Waals surface area contributed by atoms with E-state index in [4.69, 9.17) is 0 Å². The van der Waals surface area contributed by atoms with Crippen LogP contribution >= 0.6 is 39.0 Å². The average molecular weight is 435 g/mol. The number of benzene rings is 2. The Morgan fingerprint density at radius 1 is 1.08 bits per heavy atom. The van der Waals surface area contributed by atoms with Gasteiger partial charge in [0.1, 0.15) is 0 Å². The second-order valence-electron chi connectivity index (χ2n) is 5.03. The van der Waals surface area contributed by atoms with Crippen molar-refractivity contribution in [3.8, 4) is 0 Å². The zero-order valence-electron chi connectivity index (χ0n) is 13.1. The first-order valence-electron chi connectivity index (χ1n) is 7.49. The molecular weight excluding hydrogens is 420 g/mol. The monoisotopic (exact) mass is 434 g/mol. The first-order chi connectivity index (χ1) is 12.2. The Balaban J connectivity index is 1.47. The average Bonchev–Trinajstić information content (AvgIpc) is 3.09. The SMILES string of the molecule is O=C(CSc1nnc(NCc2ccccc2)s1)Nc1ccccc1Br. The van der Waals surface area contributed by atoms with Crippen LogP contribution in [0.1, 0.15) is 5.56 Å². The zero-order valence-corrected chi connectivity index (χ0v) is 16.3. The molecule has 0 aliphatic rings. The van der Waals surface area contributed by atoms with Crippen molar-refractivity contribution in [2.45, 2.75) is 10.9 Å². The summed E-state index contributed by atoms with van der Waals surface area (Å²) in [5.41, 5.74) is 1.94. The van der Waals surface area contributed by atoms with Crippen molar-refractivity contribution >= 4 is 55.8 Å². The van der Waals surface area contributed by atoms with Gasteiger partial charge in [0.15, 0.2) is 4.34 Å². The predicted octanol–water partition coefficient (Wildman–Crippen LogP) is 4.64. The number of hydrogen-bond donors (Lipinski definition) is 2. The summed E-state index contributed by atoms with van der Waals surface area (Å²) in [5.74, 6) is 0.208. The van der Waals surface area contributed by atoms with Gasteiger partial charge in [0.2, 0.25) is 11.0 Å². The first kappa shape index (κ1) is 17.9. The van der Waals surface area contributed by atoms with Gasteiger partial charge in [-0.25, -0.2) is 0 Å². The van der Waals surface area contributed by atoms with Crippen molar-refractivity contribution in [1.82, 2.24) is 10.2 Å². The van der Waals surface area contributed by atoms with Crippen LogP contribution in [0.3, 0.4) is 0 Å². The van der Waals surface area contributed by atoms with Crippen LogP contribution in [0.25, 0.3) is 0 Å².